The highest BCUT2D eigenvalue weighted by atomic mass is 19.1. The number of nitrogens with one attached hydrogen (secondary N) is 1. The molecule has 236 valence electrons. The van der Waals surface area contributed by atoms with Gasteiger partial charge in [0.2, 0.25) is 5.91 Å². The van der Waals surface area contributed by atoms with Gasteiger partial charge in [-0.15, -0.1) is 0 Å². The third kappa shape index (κ3) is 7.82. The maximum Gasteiger partial charge on any atom is 0.269 e. The van der Waals surface area contributed by atoms with Crippen molar-refractivity contribution in [2.45, 2.75) is 45.8 Å². The van der Waals surface area contributed by atoms with Crippen molar-refractivity contribution >= 4 is 28.3 Å². The minimum absolute atomic E-state index is 0.00967. The van der Waals surface area contributed by atoms with Gasteiger partial charge in [0.15, 0.2) is 0 Å². The third-order valence-corrected chi connectivity index (χ3v) is 8.33. The summed E-state index contributed by atoms with van der Waals surface area (Å²) in [5, 5.41) is 16.2. The molecule has 4 aromatic carbocycles. The van der Waals surface area contributed by atoms with E-state index in [0.717, 1.165) is 28.3 Å². The SMILES string of the molecule is CC[C@H](C)[C@@H](CN(Cc1cccc2ccccc12)C(=O)c1cccc(F)c1)NC(=O)Cc1cncn1Cc1ccc([N+](=O)[O-])cc1. The molecule has 46 heavy (non-hydrogen) atoms. The lowest BCUT2D eigenvalue weighted by Crippen LogP contribution is -2.49. The van der Waals surface area contributed by atoms with Gasteiger partial charge in [-0.2, -0.15) is 0 Å². The Kier molecular flexibility index (Phi) is 10.2. The minimum Gasteiger partial charge on any atom is -0.351 e. The summed E-state index contributed by atoms with van der Waals surface area (Å²) in [5.41, 5.74) is 2.72. The van der Waals surface area contributed by atoms with Crippen molar-refractivity contribution in [3.63, 3.8) is 0 Å². The summed E-state index contributed by atoms with van der Waals surface area (Å²) in [6.45, 7) is 4.97. The van der Waals surface area contributed by atoms with Gasteiger partial charge in [0.1, 0.15) is 5.82 Å². The van der Waals surface area contributed by atoms with E-state index < -0.39 is 10.7 Å². The zero-order chi connectivity index (χ0) is 32.6. The van der Waals surface area contributed by atoms with E-state index in [1.54, 1.807) is 35.6 Å². The Morgan fingerprint density at radius 2 is 1.76 bits per heavy atom. The van der Waals surface area contributed by atoms with Gasteiger partial charge in [0.05, 0.1) is 17.7 Å². The topological polar surface area (TPSA) is 110 Å². The van der Waals surface area contributed by atoms with E-state index in [1.807, 2.05) is 60.9 Å². The van der Waals surface area contributed by atoms with Gasteiger partial charge in [0.25, 0.3) is 11.6 Å². The molecule has 0 spiro atoms. The number of nitrogens with zero attached hydrogens (tertiary/aromatic N) is 4. The number of rotatable bonds is 13. The molecule has 0 aliphatic carbocycles. The van der Waals surface area contributed by atoms with Crippen molar-refractivity contribution in [2.75, 3.05) is 6.54 Å². The zero-order valence-corrected chi connectivity index (χ0v) is 25.8. The molecule has 5 rings (SSSR count). The Hall–Kier alpha value is -5.38. The molecule has 0 aliphatic heterocycles. The highest BCUT2D eigenvalue weighted by Crippen LogP contribution is 2.23. The normalized spacial score (nSPS) is 12.4. The van der Waals surface area contributed by atoms with Crippen LogP contribution in [0.3, 0.4) is 0 Å². The standard InChI is InChI=1S/C36H36FN5O4/c1-3-25(2)34(39-35(43)19-32-20-38-24-41(32)21-26-14-16-31(17-15-26)42(45)46)23-40(36(44)28-10-7-12-30(37)18-28)22-29-11-6-9-27-8-4-5-13-33(27)29/h4-18,20,24-25,34H,3,19,21-23H2,1-2H3,(H,39,43)/t25-,34+/m0/s1. The first kappa shape index (κ1) is 32.0. The number of nitro groups is 1. The molecule has 0 fully saturated rings. The number of hydrogen-bond acceptors (Lipinski definition) is 5. The number of fused-ring (bicyclic) bond motifs is 1. The fourth-order valence-corrected chi connectivity index (χ4v) is 5.53. The Labute approximate surface area is 266 Å². The van der Waals surface area contributed by atoms with E-state index in [0.29, 0.717) is 12.2 Å². The van der Waals surface area contributed by atoms with Gasteiger partial charge >= 0.3 is 0 Å². The van der Waals surface area contributed by atoms with Crippen LogP contribution in [0.15, 0.2) is 104 Å². The van der Waals surface area contributed by atoms with Crippen LogP contribution < -0.4 is 5.32 Å². The van der Waals surface area contributed by atoms with Crippen LogP contribution in [0.1, 0.15) is 47.4 Å². The monoisotopic (exact) mass is 621 g/mol. The maximum absolute atomic E-state index is 14.2. The highest BCUT2D eigenvalue weighted by molar-refractivity contribution is 5.95. The van der Waals surface area contributed by atoms with Gasteiger partial charge in [0, 0.05) is 55.3 Å². The highest BCUT2D eigenvalue weighted by Gasteiger charge is 2.26. The quantitative estimate of drug-likeness (QED) is 0.118. The molecule has 10 heteroatoms. The van der Waals surface area contributed by atoms with Crippen molar-refractivity contribution in [1.29, 1.82) is 0 Å². The Bertz CT molecular complexity index is 1830. The second-order valence-electron chi connectivity index (χ2n) is 11.5. The molecule has 1 N–H and O–H groups in total. The molecule has 9 nitrogen and oxygen atoms in total. The number of non-ortho nitro benzene ring substituents is 1. The smallest absolute Gasteiger partial charge is 0.269 e. The number of carbonyl (C=O) groups excluding carboxylic acids is 2. The molecule has 2 atom stereocenters. The molecular weight excluding hydrogens is 585 g/mol. The van der Waals surface area contributed by atoms with Crippen LogP contribution in [0.25, 0.3) is 10.8 Å². The van der Waals surface area contributed by atoms with Crippen LogP contribution in [0.2, 0.25) is 0 Å². The molecule has 0 saturated heterocycles. The number of imidazole rings is 1. The van der Waals surface area contributed by atoms with Crippen molar-refractivity contribution in [3.05, 3.63) is 142 Å². The zero-order valence-electron chi connectivity index (χ0n) is 25.8. The van der Waals surface area contributed by atoms with Gasteiger partial charge in [-0.05, 0) is 46.0 Å². The second-order valence-corrected chi connectivity index (χ2v) is 11.5. The van der Waals surface area contributed by atoms with E-state index in [-0.39, 0.29) is 54.5 Å². The molecular formula is C36H36FN5O4. The predicted octanol–water partition coefficient (Wildman–Crippen LogP) is 6.55. The van der Waals surface area contributed by atoms with Crippen LogP contribution >= 0.6 is 0 Å². The Morgan fingerprint density at radius 3 is 2.50 bits per heavy atom. The van der Waals surface area contributed by atoms with Crippen LogP contribution in [-0.2, 0) is 24.3 Å². The lowest BCUT2D eigenvalue weighted by atomic mass is 9.97. The molecule has 0 bridgehead atoms. The van der Waals surface area contributed by atoms with Crippen LogP contribution in [-0.4, -0.2) is 43.8 Å². The number of nitro benzene ring substituents is 1. The summed E-state index contributed by atoms with van der Waals surface area (Å²) >= 11 is 0. The number of carbonyl (C=O) groups is 2. The predicted molar refractivity (Wildman–Crippen MR) is 175 cm³/mol. The molecule has 1 heterocycles. The number of aromatic nitrogens is 2. The largest absolute Gasteiger partial charge is 0.351 e. The lowest BCUT2D eigenvalue weighted by molar-refractivity contribution is -0.384. The fraction of sp³-hybridized carbons (Fsp3) is 0.250. The summed E-state index contributed by atoms with van der Waals surface area (Å²) in [7, 11) is 0. The van der Waals surface area contributed by atoms with Gasteiger partial charge in [-0.3, -0.25) is 19.7 Å². The minimum atomic E-state index is -0.493. The average Bonchev–Trinajstić information content (AvgIpc) is 3.49. The second kappa shape index (κ2) is 14.6. The van der Waals surface area contributed by atoms with Crippen LogP contribution in [0, 0.1) is 21.8 Å². The third-order valence-electron chi connectivity index (χ3n) is 8.33. The van der Waals surface area contributed by atoms with Crippen molar-refractivity contribution in [2.24, 2.45) is 5.92 Å². The van der Waals surface area contributed by atoms with Gasteiger partial charge in [-0.25, -0.2) is 9.37 Å². The van der Waals surface area contributed by atoms with Crippen molar-refractivity contribution < 1.29 is 18.9 Å². The van der Waals surface area contributed by atoms with E-state index in [2.05, 4.69) is 10.3 Å². The first-order valence-electron chi connectivity index (χ1n) is 15.2. The number of amides is 2. The summed E-state index contributed by atoms with van der Waals surface area (Å²) in [6, 6.07) is 25.5. The lowest BCUT2D eigenvalue weighted by Gasteiger charge is -2.32. The van der Waals surface area contributed by atoms with Crippen molar-refractivity contribution in [3.8, 4) is 0 Å². The number of halogens is 1. The molecule has 0 unspecified atom stereocenters. The van der Waals surface area contributed by atoms with Gasteiger partial charge in [-0.1, -0.05) is 80.9 Å². The summed E-state index contributed by atoms with van der Waals surface area (Å²) in [5.74, 6) is -1.01. The van der Waals surface area contributed by atoms with Crippen molar-refractivity contribution in [1.82, 2.24) is 19.8 Å². The van der Waals surface area contributed by atoms with E-state index in [9.17, 15) is 24.1 Å². The summed E-state index contributed by atoms with van der Waals surface area (Å²) < 4.78 is 16.0. The maximum atomic E-state index is 14.2. The number of benzene rings is 4. The van der Waals surface area contributed by atoms with E-state index in [4.69, 9.17) is 0 Å². The molecule has 0 radical (unpaired) electrons. The molecule has 2 amide bonds. The Morgan fingerprint density at radius 1 is 1.02 bits per heavy atom. The molecule has 1 aromatic heterocycles. The van der Waals surface area contributed by atoms with E-state index >= 15 is 0 Å². The Balaban J connectivity index is 1.36. The van der Waals surface area contributed by atoms with Gasteiger partial charge < -0.3 is 14.8 Å². The van der Waals surface area contributed by atoms with Crippen LogP contribution in [0.4, 0.5) is 10.1 Å². The fourth-order valence-electron chi connectivity index (χ4n) is 5.53. The van der Waals surface area contributed by atoms with Crippen LogP contribution in [0.5, 0.6) is 0 Å². The molecule has 0 aliphatic rings. The first-order chi connectivity index (χ1) is 22.2. The molecule has 0 saturated carbocycles. The summed E-state index contributed by atoms with van der Waals surface area (Å²) in [4.78, 5) is 43.9. The molecule has 5 aromatic rings. The summed E-state index contributed by atoms with van der Waals surface area (Å²) in [6.07, 6.45) is 4.07. The van der Waals surface area contributed by atoms with E-state index in [1.165, 1.54) is 30.3 Å². The first-order valence-corrected chi connectivity index (χ1v) is 15.2. The average molecular weight is 622 g/mol. The number of hydrogen-bond donors (Lipinski definition) is 1.